The molecule has 1 heterocycles. The third kappa shape index (κ3) is 5.03. The van der Waals surface area contributed by atoms with Gasteiger partial charge in [0.05, 0.1) is 19.3 Å². The van der Waals surface area contributed by atoms with Crippen LogP contribution in [0.25, 0.3) is 0 Å². The zero-order valence-corrected chi connectivity index (χ0v) is 12.4. The molecule has 2 aliphatic rings. The fraction of sp³-hybridized carbons (Fsp3) is 1.00. The Morgan fingerprint density at radius 2 is 1.63 bits per heavy atom. The standard InChI is InChI=1S/C15H30N2O2/c1-14-4-2-3-5-15(14)19-13-11-17-8-6-16(7-9-17)10-12-18/h14-15,18H,2-13H2,1H3/t14-,15+/m1/s1. The molecule has 0 amide bonds. The lowest BCUT2D eigenvalue weighted by Crippen LogP contribution is -2.48. The van der Waals surface area contributed by atoms with E-state index in [9.17, 15) is 0 Å². The van der Waals surface area contributed by atoms with E-state index in [2.05, 4.69) is 16.7 Å². The Hall–Kier alpha value is -0.160. The highest BCUT2D eigenvalue weighted by Crippen LogP contribution is 2.26. The van der Waals surface area contributed by atoms with Crippen LogP contribution in [0.1, 0.15) is 32.6 Å². The molecule has 0 bridgehead atoms. The van der Waals surface area contributed by atoms with Gasteiger partial charge in [-0.05, 0) is 18.8 Å². The lowest BCUT2D eigenvalue weighted by molar-refractivity contribution is -0.0183. The van der Waals surface area contributed by atoms with Crippen LogP contribution in [0, 0.1) is 5.92 Å². The first-order valence-electron chi connectivity index (χ1n) is 7.97. The van der Waals surface area contributed by atoms with Crippen molar-refractivity contribution in [2.45, 2.75) is 38.7 Å². The highest BCUT2D eigenvalue weighted by Gasteiger charge is 2.22. The van der Waals surface area contributed by atoms with E-state index in [0.717, 1.165) is 51.8 Å². The molecule has 0 aromatic heterocycles. The highest BCUT2D eigenvalue weighted by atomic mass is 16.5. The van der Waals surface area contributed by atoms with Gasteiger partial charge >= 0.3 is 0 Å². The summed E-state index contributed by atoms with van der Waals surface area (Å²) < 4.78 is 6.08. The van der Waals surface area contributed by atoms with Crippen LogP contribution in [0.5, 0.6) is 0 Å². The molecule has 0 spiro atoms. The lowest BCUT2D eigenvalue weighted by Gasteiger charge is -2.35. The van der Waals surface area contributed by atoms with Crippen LogP contribution in [0.3, 0.4) is 0 Å². The first kappa shape index (κ1) is 15.2. The number of hydrogen-bond acceptors (Lipinski definition) is 4. The molecule has 0 aromatic rings. The molecular weight excluding hydrogens is 240 g/mol. The Balaban J connectivity index is 1.56. The van der Waals surface area contributed by atoms with Crippen molar-refractivity contribution in [1.29, 1.82) is 0 Å². The second kappa shape index (κ2) is 8.20. The molecule has 0 radical (unpaired) electrons. The van der Waals surface area contributed by atoms with Crippen molar-refractivity contribution in [1.82, 2.24) is 9.80 Å². The summed E-state index contributed by atoms with van der Waals surface area (Å²) in [5.74, 6) is 0.746. The Morgan fingerprint density at radius 1 is 1.00 bits per heavy atom. The van der Waals surface area contributed by atoms with Gasteiger partial charge in [0.2, 0.25) is 0 Å². The molecule has 2 atom stereocenters. The number of aliphatic hydroxyl groups is 1. The summed E-state index contributed by atoms with van der Waals surface area (Å²) in [6.45, 7) is 9.78. The van der Waals surface area contributed by atoms with Gasteiger partial charge in [-0.3, -0.25) is 9.80 Å². The smallest absolute Gasteiger partial charge is 0.0601 e. The maximum absolute atomic E-state index is 8.92. The quantitative estimate of drug-likeness (QED) is 0.786. The largest absolute Gasteiger partial charge is 0.395 e. The molecule has 1 N–H and O–H groups in total. The summed E-state index contributed by atoms with van der Waals surface area (Å²) >= 11 is 0. The van der Waals surface area contributed by atoms with Gasteiger partial charge in [0, 0.05) is 39.3 Å². The van der Waals surface area contributed by atoms with Gasteiger partial charge < -0.3 is 9.84 Å². The van der Waals surface area contributed by atoms with Crippen molar-refractivity contribution in [2.75, 3.05) is 52.5 Å². The number of β-amino-alcohol motifs (C(OH)–C–C–N with tert-alkyl or cyclic N) is 1. The summed E-state index contributed by atoms with van der Waals surface area (Å²) in [5, 5.41) is 8.92. The zero-order chi connectivity index (χ0) is 13.5. The summed E-state index contributed by atoms with van der Waals surface area (Å²) in [4.78, 5) is 4.82. The second-order valence-corrected chi connectivity index (χ2v) is 6.08. The molecule has 0 aromatic carbocycles. The molecule has 2 fully saturated rings. The number of piperazine rings is 1. The predicted molar refractivity (Wildman–Crippen MR) is 77.3 cm³/mol. The number of hydrogen-bond donors (Lipinski definition) is 1. The normalized spacial score (nSPS) is 30.6. The van der Waals surface area contributed by atoms with Crippen molar-refractivity contribution >= 4 is 0 Å². The van der Waals surface area contributed by atoms with Gasteiger partial charge in [0.1, 0.15) is 0 Å². The molecular formula is C15H30N2O2. The van der Waals surface area contributed by atoms with Gasteiger partial charge in [-0.25, -0.2) is 0 Å². The maximum atomic E-state index is 8.92. The first-order chi connectivity index (χ1) is 9.29. The minimum Gasteiger partial charge on any atom is -0.395 e. The van der Waals surface area contributed by atoms with Crippen LogP contribution in [-0.4, -0.2) is 73.5 Å². The van der Waals surface area contributed by atoms with Crippen LogP contribution < -0.4 is 0 Å². The minimum absolute atomic E-state index is 0.280. The van der Waals surface area contributed by atoms with Gasteiger partial charge in [0.15, 0.2) is 0 Å². The highest BCUT2D eigenvalue weighted by molar-refractivity contribution is 4.74. The fourth-order valence-corrected chi connectivity index (χ4v) is 3.24. The number of rotatable bonds is 6. The molecule has 1 aliphatic heterocycles. The van der Waals surface area contributed by atoms with Crippen molar-refractivity contribution in [3.63, 3.8) is 0 Å². The lowest BCUT2D eigenvalue weighted by atomic mass is 9.88. The van der Waals surface area contributed by atoms with Crippen LogP contribution >= 0.6 is 0 Å². The van der Waals surface area contributed by atoms with Crippen molar-refractivity contribution < 1.29 is 9.84 Å². The van der Waals surface area contributed by atoms with E-state index in [1.54, 1.807) is 0 Å². The van der Waals surface area contributed by atoms with Gasteiger partial charge in [-0.15, -0.1) is 0 Å². The molecule has 1 saturated carbocycles. The second-order valence-electron chi connectivity index (χ2n) is 6.08. The molecule has 1 aliphatic carbocycles. The average molecular weight is 270 g/mol. The van der Waals surface area contributed by atoms with Crippen molar-refractivity contribution in [3.05, 3.63) is 0 Å². The maximum Gasteiger partial charge on any atom is 0.0601 e. The SMILES string of the molecule is C[C@@H]1CCCC[C@@H]1OCCN1CCN(CCO)CC1. The van der Waals surface area contributed by atoms with Gasteiger partial charge in [-0.1, -0.05) is 19.8 Å². The van der Waals surface area contributed by atoms with E-state index < -0.39 is 0 Å². The number of ether oxygens (including phenoxy) is 1. The van der Waals surface area contributed by atoms with E-state index in [4.69, 9.17) is 9.84 Å². The van der Waals surface area contributed by atoms with Crippen molar-refractivity contribution in [2.24, 2.45) is 5.92 Å². The molecule has 112 valence electrons. The summed E-state index contributed by atoms with van der Waals surface area (Å²) in [5.41, 5.74) is 0. The van der Waals surface area contributed by atoms with Crippen LogP contribution in [-0.2, 0) is 4.74 Å². The van der Waals surface area contributed by atoms with Crippen molar-refractivity contribution in [3.8, 4) is 0 Å². The van der Waals surface area contributed by atoms with Gasteiger partial charge in [0.25, 0.3) is 0 Å². The molecule has 19 heavy (non-hydrogen) atoms. The minimum atomic E-state index is 0.280. The monoisotopic (exact) mass is 270 g/mol. The Kier molecular flexibility index (Phi) is 6.57. The van der Waals surface area contributed by atoms with E-state index in [0.29, 0.717) is 6.10 Å². The van der Waals surface area contributed by atoms with E-state index >= 15 is 0 Å². The third-order valence-corrected chi connectivity index (χ3v) is 4.65. The number of aliphatic hydroxyl groups excluding tert-OH is 1. The Labute approximate surface area is 117 Å². The number of nitrogens with zero attached hydrogens (tertiary/aromatic N) is 2. The topological polar surface area (TPSA) is 35.9 Å². The van der Waals surface area contributed by atoms with Crippen LogP contribution in [0.4, 0.5) is 0 Å². The molecule has 2 rings (SSSR count). The average Bonchev–Trinajstić information content (AvgIpc) is 2.43. The van der Waals surface area contributed by atoms with E-state index in [-0.39, 0.29) is 6.61 Å². The first-order valence-corrected chi connectivity index (χ1v) is 7.97. The van der Waals surface area contributed by atoms with Crippen LogP contribution in [0.15, 0.2) is 0 Å². The zero-order valence-electron chi connectivity index (χ0n) is 12.4. The summed E-state index contributed by atoms with van der Waals surface area (Å²) in [7, 11) is 0. The van der Waals surface area contributed by atoms with Gasteiger partial charge in [-0.2, -0.15) is 0 Å². The fourth-order valence-electron chi connectivity index (χ4n) is 3.24. The summed E-state index contributed by atoms with van der Waals surface area (Å²) in [6.07, 6.45) is 5.82. The van der Waals surface area contributed by atoms with E-state index in [1.165, 1.54) is 25.7 Å². The summed E-state index contributed by atoms with van der Waals surface area (Å²) in [6, 6.07) is 0. The molecule has 4 heteroatoms. The Morgan fingerprint density at radius 3 is 2.26 bits per heavy atom. The predicted octanol–water partition coefficient (Wildman–Crippen LogP) is 1.19. The third-order valence-electron chi connectivity index (χ3n) is 4.65. The van der Waals surface area contributed by atoms with E-state index in [1.807, 2.05) is 0 Å². The molecule has 1 saturated heterocycles. The van der Waals surface area contributed by atoms with Crippen LogP contribution in [0.2, 0.25) is 0 Å². The Bertz CT molecular complexity index is 242. The molecule has 0 unspecified atom stereocenters. The molecule has 4 nitrogen and oxygen atoms in total.